The number of benzene rings is 28. The summed E-state index contributed by atoms with van der Waals surface area (Å²) in [6, 6.07) is 191. The molecule has 3 aliphatic rings. The predicted molar refractivity (Wildman–Crippen MR) is 613 cm³/mol. The summed E-state index contributed by atoms with van der Waals surface area (Å²) in [5.74, 6) is 0. The third-order valence-electron chi connectivity index (χ3n) is 31.4. The normalized spacial score (nSPS) is 12.1. The SMILES string of the molecule is c1cc(-c2ccc3cc(-c4ccc5ccccc5c4)ccc3c2)cc(-c2ccc3c4c(cccc24)-c2c-3c3ccccc3c3ccccc23)c1.c1cc(-c2ccc3ccccc3c2)cc(-c2ccc3ccc(-c4ccc5c6c(cc7ccccc7c46)-c4ccc6ccccc6c4-5)cc3c2)c1.c1ccc(-n2c3ccccc3c3ccccc32)c(-c2ccc3c4c(cccc24)-c2c-3c3ccccc3c3ccccc23)c1. The molecule has 0 radical (unpaired) electrons. The predicted octanol–water partition coefficient (Wildman–Crippen LogP) is 39.8. The first kappa shape index (κ1) is 80.4. The van der Waals surface area contributed by atoms with Crippen molar-refractivity contribution in [2.75, 3.05) is 0 Å². The Hall–Kier alpha value is -18.7. The second-order valence-corrected chi connectivity index (χ2v) is 39.0. The third-order valence-corrected chi connectivity index (χ3v) is 31.4. The molecule has 3 aliphatic carbocycles. The Labute approximate surface area is 826 Å². The summed E-state index contributed by atoms with van der Waals surface area (Å²) >= 11 is 0. The molecule has 32 rings (SSSR count). The minimum atomic E-state index is 1.20. The zero-order valence-corrected chi connectivity index (χ0v) is 78.0. The van der Waals surface area contributed by atoms with Crippen molar-refractivity contribution in [3.05, 3.63) is 516 Å². The lowest BCUT2D eigenvalue weighted by atomic mass is 9.89. The van der Waals surface area contributed by atoms with E-state index in [0.29, 0.717) is 0 Å². The maximum absolute atomic E-state index is 2.44. The van der Waals surface area contributed by atoms with Crippen LogP contribution in [0.25, 0.3) is 312 Å². The molecule has 0 atom stereocenters. The third kappa shape index (κ3) is 12.6. The highest BCUT2D eigenvalue weighted by Crippen LogP contribution is 2.60. The van der Waals surface area contributed by atoms with Crippen molar-refractivity contribution in [3.63, 3.8) is 0 Å². The van der Waals surface area contributed by atoms with Crippen LogP contribution in [0.5, 0.6) is 0 Å². The molecule has 658 valence electrons. The van der Waals surface area contributed by atoms with Crippen molar-refractivity contribution in [1.29, 1.82) is 0 Å². The Balaban J connectivity index is 0.000000100. The highest BCUT2D eigenvalue weighted by atomic mass is 15.0. The highest BCUT2D eigenvalue weighted by molar-refractivity contribution is 6.35. The number of fused-ring (bicyclic) bond motifs is 30. The number of para-hydroxylation sites is 3. The van der Waals surface area contributed by atoms with Crippen molar-refractivity contribution < 1.29 is 0 Å². The molecule has 1 aromatic heterocycles. The van der Waals surface area contributed by atoms with Crippen LogP contribution < -0.4 is 0 Å². The first-order valence-corrected chi connectivity index (χ1v) is 49.8. The van der Waals surface area contributed by atoms with Gasteiger partial charge in [0.05, 0.1) is 16.7 Å². The van der Waals surface area contributed by atoms with Crippen LogP contribution in [0.1, 0.15) is 0 Å². The van der Waals surface area contributed by atoms with Gasteiger partial charge in [-0.2, -0.15) is 0 Å². The van der Waals surface area contributed by atoms with E-state index in [4.69, 9.17) is 0 Å². The molecule has 1 heteroatoms. The van der Waals surface area contributed by atoms with E-state index in [2.05, 4.69) is 520 Å². The first-order valence-electron chi connectivity index (χ1n) is 49.8. The van der Waals surface area contributed by atoms with E-state index in [0.717, 1.165) is 0 Å². The molecule has 0 aliphatic heterocycles. The Morgan fingerprint density at radius 3 is 0.916 bits per heavy atom. The van der Waals surface area contributed by atoms with Gasteiger partial charge in [-0.1, -0.05) is 443 Å². The van der Waals surface area contributed by atoms with Crippen LogP contribution in [-0.2, 0) is 0 Å². The van der Waals surface area contributed by atoms with Crippen LogP contribution in [0, 0.1) is 0 Å². The van der Waals surface area contributed by atoms with Crippen LogP contribution in [0.3, 0.4) is 0 Å². The molecule has 0 unspecified atom stereocenters. The van der Waals surface area contributed by atoms with E-state index in [1.54, 1.807) is 0 Å². The molecule has 29 aromatic rings. The quantitative estimate of drug-likeness (QED) is 0.134. The van der Waals surface area contributed by atoms with Gasteiger partial charge >= 0.3 is 0 Å². The Morgan fingerprint density at radius 1 is 0.105 bits per heavy atom. The van der Waals surface area contributed by atoms with Gasteiger partial charge in [0, 0.05) is 16.3 Å². The Kier molecular flexibility index (Phi) is 18.0. The fourth-order valence-electron chi connectivity index (χ4n) is 25.0. The minimum absolute atomic E-state index is 1.20. The summed E-state index contributed by atoms with van der Waals surface area (Å²) in [5, 5.41) is 36.4. The zero-order valence-electron chi connectivity index (χ0n) is 78.0. The highest BCUT2D eigenvalue weighted by Gasteiger charge is 2.33. The molecule has 1 heterocycles. The van der Waals surface area contributed by atoms with Gasteiger partial charge < -0.3 is 4.57 Å². The molecule has 28 aromatic carbocycles. The van der Waals surface area contributed by atoms with E-state index in [1.807, 2.05) is 0 Å². The van der Waals surface area contributed by atoms with Gasteiger partial charge in [-0.25, -0.2) is 0 Å². The lowest BCUT2D eigenvalue weighted by Crippen LogP contribution is -1.97. The molecule has 0 saturated carbocycles. The average Bonchev–Trinajstić information content (AvgIpc) is 1.52. The Morgan fingerprint density at radius 2 is 0.399 bits per heavy atom. The maximum Gasteiger partial charge on any atom is 0.0541 e. The van der Waals surface area contributed by atoms with Crippen molar-refractivity contribution in [1.82, 2.24) is 4.57 Å². The lowest BCUT2D eigenvalue weighted by Gasteiger charge is -2.16. The van der Waals surface area contributed by atoms with Crippen molar-refractivity contribution in [3.8, 4) is 150 Å². The van der Waals surface area contributed by atoms with Crippen molar-refractivity contribution in [2.24, 2.45) is 0 Å². The zero-order chi connectivity index (χ0) is 93.6. The van der Waals surface area contributed by atoms with E-state index < -0.39 is 0 Å². The maximum atomic E-state index is 2.44. The van der Waals surface area contributed by atoms with E-state index >= 15 is 0 Å². The van der Waals surface area contributed by atoms with E-state index in [1.165, 1.54) is 312 Å². The van der Waals surface area contributed by atoms with Crippen LogP contribution in [-0.4, -0.2) is 4.57 Å². The van der Waals surface area contributed by atoms with E-state index in [-0.39, 0.29) is 0 Å². The fourth-order valence-corrected chi connectivity index (χ4v) is 25.0. The van der Waals surface area contributed by atoms with E-state index in [9.17, 15) is 0 Å². The average molecular weight is 1810 g/mol. The number of rotatable bonds is 8. The number of aromatic nitrogens is 1. The summed E-state index contributed by atoms with van der Waals surface area (Å²) in [5.41, 5.74) is 37.3. The molecular weight excluding hydrogens is 1720 g/mol. The molecule has 0 N–H and O–H groups in total. The second-order valence-electron chi connectivity index (χ2n) is 39.0. The molecule has 0 bridgehead atoms. The van der Waals surface area contributed by atoms with Crippen LogP contribution in [0.2, 0.25) is 0 Å². The molecular formula is C142H85N. The molecule has 0 saturated heterocycles. The minimum Gasteiger partial charge on any atom is -0.309 e. The smallest absolute Gasteiger partial charge is 0.0541 e. The topological polar surface area (TPSA) is 4.93 Å². The van der Waals surface area contributed by atoms with Gasteiger partial charge in [0.1, 0.15) is 0 Å². The van der Waals surface area contributed by atoms with Gasteiger partial charge in [0.25, 0.3) is 0 Å². The summed E-state index contributed by atoms with van der Waals surface area (Å²) in [6.07, 6.45) is 0. The van der Waals surface area contributed by atoms with Crippen LogP contribution >= 0.6 is 0 Å². The summed E-state index contributed by atoms with van der Waals surface area (Å²) < 4.78 is 2.44. The van der Waals surface area contributed by atoms with Gasteiger partial charge in [-0.3, -0.25) is 0 Å². The first-order chi connectivity index (χ1) is 70.9. The van der Waals surface area contributed by atoms with Crippen molar-refractivity contribution >= 4 is 162 Å². The second kappa shape index (κ2) is 32.0. The fraction of sp³-hybridized carbons (Fsp3) is 0. The van der Waals surface area contributed by atoms with Gasteiger partial charge in [0.2, 0.25) is 0 Å². The molecule has 1 nitrogen and oxygen atoms in total. The molecule has 143 heavy (non-hydrogen) atoms. The van der Waals surface area contributed by atoms with Gasteiger partial charge in [-0.05, 0) is 352 Å². The van der Waals surface area contributed by atoms with Crippen LogP contribution in [0.15, 0.2) is 516 Å². The Bertz CT molecular complexity index is 10400. The number of hydrogen-bond donors (Lipinski definition) is 0. The number of hydrogen-bond acceptors (Lipinski definition) is 0. The summed E-state index contributed by atoms with van der Waals surface area (Å²) in [4.78, 5) is 0. The van der Waals surface area contributed by atoms with Gasteiger partial charge in [0.15, 0.2) is 0 Å². The van der Waals surface area contributed by atoms with Crippen LogP contribution in [0.4, 0.5) is 0 Å². The molecule has 0 spiro atoms. The molecule has 0 fully saturated rings. The lowest BCUT2D eigenvalue weighted by molar-refractivity contribution is 1.18. The standard InChI is InChI=1S/2C50H30.C42H25N/c1-2-10-32-27-35(20-19-31(32)9-1)37-24-23-36-28-34(21-22-38(36)29-37)33-11-7-12-39(30-33)40-25-26-47-48-43(40)17-8-18-46(48)49-44-15-5-3-13-41(44)42-14-4-6-16-45(42)50(47)49;1-2-10-34-26-37(19-16-31(34)8-1)35-12-7-13-36(27-35)38-20-17-32-18-21-40(29-41(32)28-38)44-24-25-46-48-42-14-5-3-9-33(42)22-23-45(48)47-30-39-11-4-6-15-43(39)49(44)50(46)47;1-3-17-33-26(12-1)27-13-2-4-18-34(27)42-36-25-24-28(32-19-11-20-35(40(32)36)41(33)42)29-14-5-8-21-37(29)43-38-22-9-6-15-30(38)31-16-7-10-23-39(31)43/h2*1-30H;1-25H. The largest absolute Gasteiger partial charge is 0.309 e. The number of nitrogens with zero attached hydrogens (tertiary/aromatic N) is 1. The summed E-state index contributed by atoms with van der Waals surface area (Å²) in [6.45, 7) is 0. The monoisotopic (exact) mass is 1800 g/mol. The summed E-state index contributed by atoms with van der Waals surface area (Å²) in [7, 11) is 0. The van der Waals surface area contributed by atoms with Gasteiger partial charge in [-0.15, -0.1) is 0 Å². The van der Waals surface area contributed by atoms with Crippen molar-refractivity contribution in [2.45, 2.75) is 0 Å². The molecule has 0 amide bonds.